The van der Waals surface area contributed by atoms with Crippen molar-refractivity contribution < 1.29 is 4.74 Å². The van der Waals surface area contributed by atoms with E-state index in [1.807, 2.05) is 0 Å². The fourth-order valence-electron chi connectivity index (χ4n) is 3.15. The summed E-state index contributed by atoms with van der Waals surface area (Å²) < 4.78 is 5.48. The smallest absolute Gasteiger partial charge is 0.0746 e. The maximum absolute atomic E-state index is 5.48. The van der Waals surface area contributed by atoms with E-state index < -0.39 is 0 Å². The van der Waals surface area contributed by atoms with Gasteiger partial charge in [-0.25, -0.2) is 0 Å². The number of anilines is 1. The Balaban J connectivity index is 1.99. The Morgan fingerprint density at radius 1 is 1.26 bits per heavy atom. The molecule has 1 aliphatic heterocycles. The summed E-state index contributed by atoms with van der Waals surface area (Å²) in [5.41, 5.74) is 2.58. The number of hydrogen-bond donors (Lipinski definition) is 1. The Kier molecular flexibility index (Phi) is 6.45. The summed E-state index contributed by atoms with van der Waals surface area (Å²) in [5, 5.41) is 3.54. The van der Waals surface area contributed by atoms with Crippen LogP contribution in [0.3, 0.4) is 0 Å². The number of nitrogens with one attached hydrogen (secondary N) is 1. The second kappa shape index (κ2) is 8.13. The molecule has 0 amide bonds. The van der Waals surface area contributed by atoms with Gasteiger partial charge in [-0.1, -0.05) is 18.2 Å². The van der Waals surface area contributed by atoms with Gasteiger partial charge in [0, 0.05) is 39.0 Å². The van der Waals surface area contributed by atoms with Gasteiger partial charge in [0.2, 0.25) is 0 Å². The molecule has 1 N–H and O–H groups in total. The predicted octanol–water partition coefficient (Wildman–Crippen LogP) is 2.73. The minimum atomic E-state index is -0.130. The molecule has 4 nitrogen and oxygen atoms in total. The number of likely N-dealkylation sites (tertiary alicyclic amines) is 1. The van der Waals surface area contributed by atoms with Crippen molar-refractivity contribution in [2.24, 2.45) is 0 Å². The van der Waals surface area contributed by atoms with E-state index in [0.29, 0.717) is 6.04 Å². The lowest BCUT2D eigenvalue weighted by molar-refractivity contribution is 0.0231. The van der Waals surface area contributed by atoms with Crippen LogP contribution in [0.15, 0.2) is 24.3 Å². The number of para-hydroxylation sites is 1. The Bertz CT molecular complexity index is 481. The van der Waals surface area contributed by atoms with Crippen LogP contribution in [-0.2, 0) is 11.3 Å². The monoisotopic (exact) mass is 319 g/mol. The van der Waals surface area contributed by atoms with Crippen LogP contribution in [0.1, 0.15) is 32.3 Å². The molecule has 0 saturated carbocycles. The maximum Gasteiger partial charge on any atom is 0.0746 e. The van der Waals surface area contributed by atoms with Gasteiger partial charge in [0.05, 0.1) is 5.60 Å². The number of piperidine rings is 1. The zero-order chi connectivity index (χ0) is 16.9. The van der Waals surface area contributed by atoms with E-state index >= 15 is 0 Å². The van der Waals surface area contributed by atoms with Crippen LogP contribution < -0.4 is 10.2 Å². The lowest BCUT2D eigenvalue weighted by Gasteiger charge is -2.37. The summed E-state index contributed by atoms with van der Waals surface area (Å²) in [6.45, 7) is 8.32. The first-order valence-corrected chi connectivity index (χ1v) is 8.68. The topological polar surface area (TPSA) is 27.7 Å². The standard InChI is InChI=1S/C19H33N3O/c1-19(2,23-5)15-20-14-16-8-6-7-9-18(16)22(4)17-10-12-21(3)13-11-17/h6-9,17,20H,10-15H2,1-5H3. The average molecular weight is 319 g/mol. The fourth-order valence-corrected chi connectivity index (χ4v) is 3.15. The number of hydrogen-bond acceptors (Lipinski definition) is 4. The SMILES string of the molecule is COC(C)(C)CNCc1ccccc1N(C)C1CCN(C)CC1. The van der Waals surface area contributed by atoms with Gasteiger partial charge in [0.25, 0.3) is 0 Å². The van der Waals surface area contributed by atoms with Crippen molar-refractivity contribution in [1.29, 1.82) is 0 Å². The molecule has 2 rings (SSSR count). The third kappa shape index (κ3) is 5.20. The largest absolute Gasteiger partial charge is 0.377 e. The van der Waals surface area contributed by atoms with Gasteiger partial charge in [-0.05, 0) is 58.5 Å². The number of nitrogens with zero attached hydrogens (tertiary/aromatic N) is 2. The fraction of sp³-hybridized carbons (Fsp3) is 0.684. The highest BCUT2D eigenvalue weighted by Gasteiger charge is 2.22. The highest BCUT2D eigenvalue weighted by Crippen LogP contribution is 2.25. The van der Waals surface area contributed by atoms with Crippen molar-refractivity contribution in [2.75, 3.05) is 45.7 Å². The summed E-state index contributed by atoms with van der Waals surface area (Å²) in [7, 11) is 6.23. The second-order valence-electron chi connectivity index (χ2n) is 7.34. The number of methoxy groups -OCH3 is 1. The summed E-state index contributed by atoms with van der Waals surface area (Å²) in [6.07, 6.45) is 2.48. The normalized spacial score (nSPS) is 17.4. The van der Waals surface area contributed by atoms with E-state index in [9.17, 15) is 0 Å². The first-order chi connectivity index (χ1) is 10.9. The molecule has 0 spiro atoms. The third-order valence-corrected chi connectivity index (χ3v) is 5.03. The minimum absolute atomic E-state index is 0.130. The molecule has 1 aliphatic rings. The zero-order valence-electron chi connectivity index (χ0n) is 15.4. The average Bonchev–Trinajstić information content (AvgIpc) is 2.55. The van der Waals surface area contributed by atoms with Crippen molar-refractivity contribution in [2.45, 2.75) is 44.9 Å². The lowest BCUT2D eigenvalue weighted by Crippen LogP contribution is -2.42. The molecule has 0 radical (unpaired) electrons. The highest BCUT2D eigenvalue weighted by atomic mass is 16.5. The van der Waals surface area contributed by atoms with Crippen molar-refractivity contribution in [3.8, 4) is 0 Å². The maximum atomic E-state index is 5.48. The van der Waals surface area contributed by atoms with Crippen LogP contribution >= 0.6 is 0 Å². The molecule has 1 aromatic carbocycles. The second-order valence-corrected chi connectivity index (χ2v) is 7.34. The molecule has 23 heavy (non-hydrogen) atoms. The lowest BCUT2D eigenvalue weighted by atomic mass is 10.0. The van der Waals surface area contributed by atoms with Crippen molar-refractivity contribution in [3.05, 3.63) is 29.8 Å². The van der Waals surface area contributed by atoms with E-state index in [-0.39, 0.29) is 5.60 Å². The minimum Gasteiger partial charge on any atom is -0.377 e. The molecule has 130 valence electrons. The van der Waals surface area contributed by atoms with Gasteiger partial charge in [-0.15, -0.1) is 0 Å². The van der Waals surface area contributed by atoms with Gasteiger partial charge < -0.3 is 19.9 Å². The Labute approximate surface area is 141 Å². The predicted molar refractivity (Wildman–Crippen MR) is 98.2 cm³/mol. The Morgan fingerprint density at radius 3 is 2.57 bits per heavy atom. The number of ether oxygens (including phenoxy) is 1. The van der Waals surface area contributed by atoms with Crippen molar-refractivity contribution >= 4 is 5.69 Å². The van der Waals surface area contributed by atoms with Crippen LogP contribution in [0.4, 0.5) is 5.69 Å². The molecule has 0 aromatic heterocycles. The summed E-state index contributed by atoms with van der Waals surface area (Å²) in [4.78, 5) is 4.90. The molecule has 0 aliphatic carbocycles. The zero-order valence-corrected chi connectivity index (χ0v) is 15.4. The molecule has 1 aromatic rings. The molecular weight excluding hydrogens is 286 g/mol. The van der Waals surface area contributed by atoms with Crippen molar-refractivity contribution in [1.82, 2.24) is 10.2 Å². The quantitative estimate of drug-likeness (QED) is 0.836. The van der Waals surface area contributed by atoms with E-state index in [1.165, 1.54) is 37.2 Å². The molecule has 1 saturated heterocycles. The third-order valence-electron chi connectivity index (χ3n) is 5.03. The van der Waals surface area contributed by atoms with E-state index in [4.69, 9.17) is 4.74 Å². The highest BCUT2D eigenvalue weighted by molar-refractivity contribution is 5.54. The van der Waals surface area contributed by atoms with E-state index in [2.05, 4.69) is 67.3 Å². The van der Waals surface area contributed by atoms with Crippen LogP contribution in [0.5, 0.6) is 0 Å². The number of benzene rings is 1. The number of rotatable bonds is 7. The van der Waals surface area contributed by atoms with Gasteiger partial charge in [0.1, 0.15) is 0 Å². The van der Waals surface area contributed by atoms with Crippen molar-refractivity contribution in [3.63, 3.8) is 0 Å². The van der Waals surface area contributed by atoms with Crippen LogP contribution in [0.25, 0.3) is 0 Å². The first kappa shape index (κ1) is 18.2. The first-order valence-electron chi connectivity index (χ1n) is 8.68. The summed E-state index contributed by atoms with van der Waals surface area (Å²) in [6, 6.07) is 9.39. The summed E-state index contributed by atoms with van der Waals surface area (Å²) in [5.74, 6) is 0. The van der Waals surface area contributed by atoms with Gasteiger partial charge >= 0.3 is 0 Å². The molecule has 1 heterocycles. The van der Waals surface area contributed by atoms with Crippen LogP contribution in [-0.4, -0.2) is 57.4 Å². The molecular formula is C19H33N3O. The van der Waals surface area contributed by atoms with Gasteiger partial charge in [-0.3, -0.25) is 0 Å². The van der Waals surface area contributed by atoms with Crippen LogP contribution in [0, 0.1) is 0 Å². The molecule has 0 unspecified atom stereocenters. The molecule has 0 bridgehead atoms. The molecule has 4 heteroatoms. The molecule has 0 atom stereocenters. The van der Waals surface area contributed by atoms with E-state index in [1.54, 1.807) is 7.11 Å². The Morgan fingerprint density at radius 2 is 1.91 bits per heavy atom. The Hall–Kier alpha value is -1.10. The summed E-state index contributed by atoms with van der Waals surface area (Å²) >= 11 is 0. The van der Waals surface area contributed by atoms with Crippen LogP contribution in [0.2, 0.25) is 0 Å². The van der Waals surface area contributed by atoms with Gasteiger partial charge in [0.15, 0.2) is 0 Å². The molecule has 1 fully saturated rings. The van der Waals surface area contributed by atoms with Gasteiger partial charge in [-0.2, -0.15) is 0 Å². The van der Waals surface area contributed by atoms with E-state index in [0.717, 1.165) is 13.1 Å².